The first-order chi connectivity index (χ1) is 9.81. The first-order valence-electron chi connectivity index (χ1n) is 8.24. The summed E-state index contributed by atoms with van der Waals surface area (Å²) < 4.78 is 2.19. The minimum atomic E-state index is 0.663. The summed E-state index contributed by atoms with van der Waals surface area (Å²) in [5.41, 5.74) is 1.20. The number of hydrogen-bond acceptors (Lipinski definition) is 3. The molecule has 1 aliphatic heterocycles. The zero-order valence-corrected chi connectivity index (χ0v) is 12.7. The van der Waals surface area contributed by atoms with E-state index < -0.39 is 0 Å². The van der Waals surface area contributed by atoms with Crippen molar-refractivity contribution < 1.29 is 0 Å². The highest BCUT2D eigenvalue weighted by molar-refractivity contribution is 5.00. The fourth-order valence-electron chi connectivity index (χ4n) is 3.69. The summed E-state index contributed by atoms with van der Waals surface area (Å²) in [6.45, 7) is 4.55. The Morgan fingerprint density at radius 1 is 1.25 bits per heavy atom. The second-order valence-electron chi connectivity index (χ2n) is 6.63. The lowest BCUT2D eigenvalue weighted by atomic mass is 9.98. The van der Waals surface area contributed by atoms with E-state index >= 15 is 0 Å². The second kappa shape index (κ2) is 6.72. The number of nitrogens with zero attached hydrogens (tertiary/aromatic N) is 3. The van der Waals surface area contributed by atoms with Gasteiger partial charge in [0.2, 0.25) is 0 Å². The quantitative estimate of drug-likeness (QED) is 0.896. The van der Waals surface area contributed by atoms with Gasteiger partial charge in [-0.05, 0) is 57.8 Å². The van der Waals surface area contributed by atoms with Crippen LogP contribution in [0.3, 0.4) is 0 Å². The lowest BCUT2D eigenvalue weighted by Crippen LogP contribution is -2.37. The van der Waals surface area contributed by atoms with Crippen LogP contribution in [-0.2, 0) is 6.54 Å². The number of aromatic nitrogens is 2. The maximum absolute atomic E-state index is 4.73. The third kappa shape index (κ3) is 3.61. The number of piperidine rings is 1. The topological polar surface area (TPSA) is 33.1 Å². The molecule has 20 heavy (non-hydrogen) atoms. The van der Waals surface area contributed by atoms with E-state index in [1.54, 1.807) is 0 Å². The van der Waals surface area contributed by atoms with E-state index in [2.05, 4.69) is 34.2 Å². The van der Waals surface area contributed by atoms with Crippen LogP contribution in [0.5, 0.6) is 0 Å². The monoisotopic (exact) mass is 276 g/mol. The Hall–Kier alpha value is -0.870. The molecule has 1 aliphatic carbocycles. The molecule has 0 amide bonds. The van der Waals surface area contributed by atoms with Gasteiger partial charge in [-0.25, -0.2) is 0 Å². The Balaban J connectivity index is 1.42. The van der Waals surface area contributed by atoms with Crippen LogP contribution in [0.2, 0.25) is 0 Å². The number of nitrogens with one attached hydrogen (secondary N) is 1. The summed E-state index contributed by atoms with van der Waals surface area (Å²) in [7, 11) is 2.23. The van der Waals surface area contributed by atoms with Crippen LogP contribution in [-0.4, -0.2) is 41.4 Å². The van der Waals surface area contributed by atoms with Crippen molar-refractivity contribution in [3.8, 4) is 0 Å². The maximum Gasteiger partial charge on any atom is 0.0762 e. The van der Waals surface area contributed by atoms with E-state index in [0.29, 0.717) is 6.04 Å². The molecule has 1 atom stereocenters. The Kier molecular flexibility index (Phi) is 4.73. The third-order valence-corrected chi connectivity index (χ3v) is 4.82. The molecule has 1 aromatic rings. The van der Waals surface area contributed by atoms with E-state index in [1.165, 1.54) is 57.3 Å². The summed E-state index contributed by atoms with van der Waals surface area (Å²) in [6.07, 6.45) is 10.2. The van der Waals surface area contributed by atoms with Crippen LogP contribution >= 0.6 is 0 Å². The Labute approximate surface area is 122 Å². The van der Waals surface area contributed by atoms with Crippen molar-refractivity contribution in [2.45, 2.75) is 51.1 Å². The zero-order chi connectivity index (χ0) is 13.8. The average Bonchev–Trinajstić information content (AvgIpc) is 3.09. The first kappa shape index (κ1) is 14.1. The Morgan fingerprint density at radius 2 is 2.10 bits per heavy atom. The van der Waals surface area contributed by atoms with Crippen molar-refractivity contribution in [1.29, 1.82) is 0 Å². The molecular weight excluding hydrogens is 248 g/mol. The number of hydrogen-bond donors (Lipinski definition) is 1. The van der Waals surface area contributed by atoms with E-state index in [1.807, 2.05) is 0 Å². The molecule has 4 heteroatoms. The summed E-state index contributed by atoms with van der Waals surface area (Å²) in [4.78, 5) is 2.45. The molecule has 0 aromatic carbocycles. The standard InChI is InChI=1S/C16H28N4/c1-19-9-4-5-14(13-19)11-17-12-15-8-10-20(18-15)16-6-2-3-7-16/h8,10,14,16-17H,2-7,9,11-13H2,1H3. The molecular formula is C16H28N4. The average molecular weight is 276 g/mol. The predicted molar refractivity (Wildman–Crippen MR) is 81.7 cm³/mol. The minimum absolute atomic E-state index is 0.663. The van der Waals surface area contributed by atoms with Gasteiger partial charge in [-0.15, -0.1) is 0 Å². The SMILES string of the molecule is CN1CCCC(CNCc2ccn(C3CCCC3)n2)C1. The van der Waals surface area contributed by atoms with E-state index in [0.717, 1.165) is 19.0 Å². The summed E-state index contributed by atoms with van der Waals surface area (Å²) in [5.74, 6) is 0.811. The lowest BCUT2D eigenvalue weighted by molar-refractivity contribution is 0.206. The van der Waals surface area contributed by atoms with Crippen molar-refractivity contribution in [3.05, 3.63) is 18.0 Å². The van der Waals surface area contributed by atoms with Crippen molar-refractivity contribution in [3.63, 3.8) is 0 Å². The van der Waals surface area contributed by atoms with Crippen LogP contribution in [0.4, 0.5) is 0 Å². The molecule has 0 spiro atoms. The molecule has 112 valence electrons. The van der Waals surface area contributed by atoms with Gasteiger partial charge in [-0.2, -0.15) is 5.10 Å². The van der Waals surface area contributed by atoms with Gasteiger partial charge >= 0.3 is 0 Å². The molecule has 0 radical (unpaired) electrons. The largest absolute Gasteiger partial charge is 0.311 e. The van der Waals surface area contributed by atoms with Gasteiger partial charge in [0.1, 0.15) is 0 Å². The second-order valence-corrected chi connectivity index (χ2v) is 6.63. The van der Waals surface area contributed by atoms with Crippen LogP contribution in [0, 0.1) is 5.92 Å². The van der Waals surface area contributed by atoms with Crippen LogP contribution in [0.25, 0.3) is 0 Å². The smallest absolute Gasteiger partial charge is 0.0762 e. The lowest BCUT2D eigenvalue weighted by Gasteiger charge is -2.29. The van der Waals surface area contributed by atoms with Crippen LogP contribution < -0.4 is 5.32 Å². The molecule has 1 saturated carbocycles. The van der Waals surface area contributed by atoms with E-state index in [4.69, 9.17) is 5.10 Å². The minimum Gasteiger partial charge on any atom is -0.311 e. The number of rotatable bonds is 5. The van der Waals surface area contributed by atoms with Crippen LogP contribution in [0.15, 0.2) is 12.3 Å². The highest BCUT2D eigenvalue weighted by Gasteiger charge is 2.18. The summed E-state index contributed by atoms with van der Waals surface area (Å²) in [6, 6.07) is 2.84. The number of likely N-dealkylation sites (tertiary alicyclic amines) is 1. The Morgan fingerprint density at radius 3 is 2.90 bits per heavy atom. The molecule has 2 fully saturated rings. The van der Waals surface area contributed by atoms with Gasteiger partial charge in [-0.1, -0.05) is 12.8 Å². The van der Waals surface area contributed by atoms with Gasteiger partial charge in [-0.3, -0.25) is 4.68 Å². The van der Waals surface area contributed by atoms with E-state index in [-0.39, 0.29) is 0 Å². The highest BCUT2D eigenvalue weighted by Crippen LogP contribution is 2.28. The Bertz CT molecular complexity index is 408. The van der Waals surface area contributed by atoms with Crippen molar-refractivity contribution in [1.82, 2.24) is 20.0 Å². The normalized spacial score (nSPS) is 25.4. The van der Waals surface area contributed by atoms with Gasteiger partial charge < -0.3 is 10.2 Å². The first-order valence-corrected chi connectivity index (χ1v) is 8.24. The molecule has 1 N–H and O–H groups in total. The predicted octanol–water partition coefficient (Wildman–Crippen LogP) is 2.43. The summed E-state index contributed by atoms with van der Waals surface area (Å²) in [5, 5.41) is 8.33. The van der Waals surface area contributed by atoms with Crippen molar-refractivity contribution in [2.75, 3.05) is 26.7 Å². The summed E-state index contributed by atoms with van der Waals surface area (Å²) >= 11 is 0. The van der Waals surface area contributed by atoms with Gasteiger partial charge in [0, 0.05) is 19.3 Å². The highest BCUT2D eigenvalue weighted by atomic mass is 15.3. The van der Waals surface area contributed by atoms with Crippen molar-refractivity contribution in [2.24, 2.45) is 5.92 Å². The van der Waals surface area contributed by atoms with E-state index in [9.17, 15) is 0 Å². The van der Waals surface area contributed by atoms with Gasteiger partial charge in [0.25, 0.3) is 0 Å². The molecule has 2 heterocycles. The molecule has 4 nitrogen and oxygen atoms in total. The van der Waals surface area contributed by atoms with Crippen molar-refractivity contribution >= 4 is 0 Å². The van der Waals surface area contributed by atoms with Gasteiger partial charge in [0.05, 0.1) is 11.7 Å². The molecule has 1 unspecified atom stereocenters. The third-order valence-electron chi connectivity index (χ3n) is 4.82. The fourth-order valence-corrected chi connectivity index (χ4v) is 3.69. The maximum atomic E-state index is 4.73. The van der Waals surface area contributed by atoms with Gasteiger partial charge in [0.15, 0.2) is 0 Å². The zero-order valence-electron chi connectivity index (χ0n) is 12.7. The molecule has 0 bridgehead atoms. The van der Waals surface area contributed by atoms with Crippen LogP contribution in [0.1, 0.15) is 50.3 Å². The molecule has 3 rings (SSSR count). The molecule has 2 aliphatic rings. The fraction of sp³-hybridized carbons (Fsp3) is 0.812. The molecule has 1 aromatic heterocycles. The molecule has 1 saturated heterocycles.